The maximum atomic E-state index is 6.37. The van der Waals surface area contributed by atoms with Crippen LogP contribution in [0.5, 0.6) is 0 Å². The average Bonchev–Trinajstić information content (AvgIpc) is 3.95. The van der Waals surface area contributed by atoms with E-state index in [1.807, 2.05) is 30.6 Å². The number of pyridine rings is 1. The first kappa shape index (κ1) is 33.9. The summed E-state index contributed by atoms with van der Waals surface area (Å²) in [5.74, 6) is 0. The molecule has 10 aromatic rings. The van der Waals surface area contributed by atoms with Gasteiger partial charge >= 0.3 is 0 Å². The molecule has 0 fully saturated rings. The Morgan fingerprint density at radius 3 is 1.97 bits per heavy atom. The first-order chi connectivity index (χ1) is 28.8. The maximum absolute atomic E-state index is 6.37. The smallest absolute Gasteiger partial charge is 0.137 e. The molecule has 0 atom stereocenters. The lowest BCUT2D eigenvalue weighted by molar-refractivity contribution is 0.668. The summed E-state index contributed by atoms with van der Waals surface area (Å²) >= 11 is 0. The van der Waals surface area contributed by atoms with Gasteiger partial charge in [0.2, 0.25) is 0 Å². The zero-order valence-corrected chi connectivity index (χ0v) is 33.5. The fourth-order valence-electron chi connectivity index (χ4n) is 10.5. The summed E-state index contributed by atoms with van der Waals surface area (Å²) in [5.41, 5.74) is 19.0. The zero-order valence-electron chi connectivity index (χ0n) is 33.5. The predicted octanol–water partition coefficient (Wildman–Crippen LogP) is 14.7. The van der Waals surface area contributed by atoms with Crippen molar-refractivity contribution in [1.82, 2.24) is 9.55 Å². The van der Waals surface area contributed by atoms with Crippen LogP contribution in [0.4, 0.5) is 17.1 Å². The number of furan rings is 1. The van der Waals surface area contributed by atoms with Gasteiger partial charge in [0.05, 0.1) is 11.0 Å². The number of fused-ring (bicyclic) bond motifs is 10. The molecule has 0 aliphatic heterocycles. The lowest BCUT2D eigenvalue weighted by Gasteiger charge is -2.31. The van der Waals surface area contributed by atoms with Gasteiger partial charge in [0, 0.05) is 73.6 Å². The van der Waals surface area contributed by atoms with Gasteiger partial charge in [0.25, 0.3) is 0 Å². The number of hydrogen-bond donors (Lipinski definition) is 0. The van der Waals surface area contributed by atoms with Crippen molar-refractivity contribution >= 4 is 72.0 Å². The van der Waals surface area contributed by atoms with Crippen molar-refractivity contribution in [3.05, 3.63) is 198 Å². The Morgan fingerprint density at radius 2 is 1.14 bits per heavy atom. The van der Waals surface area contributed by atoms with Crippen LogP contribution in [-0.2, 0) is 10.8 Å². The third-order valence-corrected chi connectivity index (χ3v) is 13.2. The zero-order chi connectivity index (χ0) is 39.6. The Balaban J connectivity index is 1.04. The molecular formula is C55H41N3O. The van der Waals surface area contributed by atoms with E-state index in [1.54, 1.807) is 0 Å². The van der Waals surface area contributed by atoms with E-state index in [0.717, 1.165) is 66.8 Å². The summed E-state index contributed by atoms with van der Waals surface area (Å²) in [6, 6.07) is 59.8. The van der Waals surface area contributed by atoms with E-state index in [2.05, 4.69) is 188 Å². The Labute approximate surface area is 343 Å². The van der Waals surface area contributed by atoms with Crippen LogP contribution in [-0.4, -0.2) is 9.55 Å². The first-order valence-corrected chi connectivity index (χ1v) is 20.5. The van der Waals surface area contributed by atoms with E-state index in [9.17, 15) is 0 Å². The number of rotatable bonds is 5. The van der Waals surface area contributed by atoms with Gasteiger partial charge in [-0.1, -0.05) is 113 Å². The summed E-state index contributed by atoms with van der Waals surface area (Å²) in [6.07, 6.45) is 3.75. The van der Waals surface area contributed by atoms with Crippen LogP contribution in [0.2, 0.25) is 0 Å². The van der Waals surface area contributed by atoms with Gasteiger partial charge < -0.3 is 13.9 Å². The molecule has 0 amide bonds. The molecule has 3 aromatic heterocycles. The molecule has 59 heavy (non-hydrogen) atoms. The molecule has 0 radical (unpaired) electrons. The second kappa shape index (κ2) is 12.2. The third kappa shape index (κ3) is 4.80. The molecule has 7 aromatic carbocycles. The highest BCUT2D eigenvalue weighted by Gasteiger charge is 2.49. The fraction of sp³-hybridized carbons (Fsp3) is 0.109. The Kier molecular flexibility index (Phi) is 7.00. The summed E-state index contributed by atoms with van der Waals surface area (Å²) in [7, 11) is 0. The van der Waals surface area contributed by atoms with E-state index < -0.39 is 0 Å². The van der Waals surface area contributed by atoms with Crippen molar-refractivity contribution < 1.29 is 4.42 Å². The molecule has 0 bridgehead atoms. The minimum absolute atomic E-state index is 0.0774. The lowest BCUT2D eigenvalue weighted by atomic mass is 9.76. The summed E-state index contributed by atoms with van der Waals surface area (Å²) < 4.78 is 8.75. The Morgan fingerprint density at radius 1 is 0.475 bits per heavy atom. The van der Waals surface area contributed by atoms with Crippen molar-refractivity contribution in [2.45, 2.75) is 38.5 Å². The van der Waals surface area contributed by atoms with Crippen LogP contribution < -0.4 is 4.90 Å². The Hall–Kier alpha value is -7.17. The fourth-order valence-corrected chi connectivity index (χ4v) is 10.5. The summed E-state index contributed by atoms with van der Waals surface area (Å²) in [5, 5.41) is 4.67. The molecule has 282 valence electrons. The average molecular weight is 760 g/mol. The van der Waals surface area contributed by atoms with E-state index >= 15 is 0 Å². The van der Waals surface area contributed by atoms with Crippen molar-refractivity contribution in [3.8, 4) is 16.8 Å². The molecule has 4 nitrogen and oxygen atoms in total. The number of para-hydroxylation sites is 2. The van der Waals surface area contributed by atoms with Crippen LogP contribution in [0, 0.1) is 0 Å². The largest absolute Gasteiger partial charge is 0.456 e. The van der Waals surface area contributed by atoms with Gasteiger partial charge in [0.1, 0.15) is 11.2 Å². The van der Waals surface area contributed by atoms with Gasteiger partial charge in [-0.15, -0.1) is 0 Å². The predicted molar refractivity (Wildman–Crippen MR) is 245 cm³/mol. The molecule has 0 saturated heterocycles. The van der Waals surface area contributed by atoms with Crippen molar-refractivity contribution in [1.29, 1.82) is 0 Å². The normalized spacial score (nSPS) is 15.0. The highest BCUT2D eigenvalue weighted by molar-refractivity contribution is 6.12. The van der Waals surface area contributed by atoms with Crippen molar-refractivity contribution in [3.63, 3.8) is 0 Å². The molecule has 4 heteroatoms. The molecule has 0 unspecified atom stereocenters. The van der Waals surface area contributed by atoms with Crippen LogP contribution in [0.3, 0.4) is 0 Å². The number of allylic oxidation sites excluding steroid dienone is 2. The molecule has 0 spiro atoms. The van der Waals surface area contributed by atoms with Gasteiger partial charge in [-0.3, -0.25) is 4.98 Å². The van der Waals surface area contributed by atoms with Gasteiger partial charge in [-0.05, 0) is 117 Å². The highest BCUT2D eigenvalue weighted by Crippen LogP contribution is 2.63. The standard InChI is InChI=1S/C55H41N3O/c1-54(2)46-16-8-5-15-43(46)52-53(54)44-27-24-38(31-47(44)55(52,3)4)57(36-21-19-34(20-22-36)35-12-11-29-56-33-35)37-25-28-49-45(30-37)40-13-6-9-17-48(40)58(49)39-23-26-42-41-14-7-10-18-50(41)59-51(42)32-39/h5-33H,1-4H3. The number of nitrogens with zero attached hydrogens (tertiary/aromatic N) is 3. The molecular weight excluding hydrogens is 719 g/mol. The van der Waals surface area contributed by atoms with Crippen molar-refractivity contribution in [2.24, 2.45) is 0 Å². The Bertz CT molecular complexity index is 3380. The van der Waals surface area contributed by atoms with Gasteiger partial charge in [-0.2, -0.15) is 0 Å². The summed E-state index contributed by atoms with van der Waals surface area (Å²) in [6.45, 7) is 9.60. The first-order valence-electron chi connectivity index (χ1n) is 20.5. The van der Waals surface area contributed by atoms with E-state index in [-0.39, 0.29) is 10.8 Å². The van der Waals surface area contributed by atoms with Crippen LogP contribution >= 0.6 is 0 Å². The number of anilines is 3. The van der Waals surface area contributed by atoms with E-state index in [4.69, 9.17) is 4.42 Å². The molecule has 2 aliphatic carbocycles. The number of hydrogen-bond acceptors (Lipinski definition) is 3. The van der Waals surface area contributed by atoms with Crippen LogP contribution in [0.1, 0.15) is 49.9 Å². The maximum Gasteiger partial charge on any atom is 0.137 e. The van der Waals surface area contributed by atoms with Crippen molar-refractivity contribution in [2.75, 3.05) is 4.90 Å². The highest BCUT2D eigenvalue weighted by atomic mass is 16.3. The molecule has 0 N–H and O–H groups in total. The second-order valence-electron chi connectivity index (χ2n) is 17.2. The van der Waals surface area contributed by atoms with Crippen LogP contribution in [0.25, 0.3) is 71.7 Å². The molecule has 3 heterocycles. The SMILES string of the molecule is CC1(C)C2=C(c3ccccc31)C(C)(C)c1cc(N(c3ccc(-c4cccnc4)cc3)c3ccc4c(c3)c3ccccc3n4-c3ccc4c(c3)oc3ccccc34)ccc12. The lowest BCUT2D eigenvalue weighted by Crippen LogP contribution is -2.20. The minimum atomic E-state index is -0.168. The number of benzene rings is 7. The monoisotopic (exact) mass is 759 g/mol. The van der Waals surface area contributed by atoms with Gasteiger partial charge in [0.15, 0.2) is 0 Å². The molecule has 2 aliphatic rings. The number of aromatic nitrogens is 2. The van der Waals surface area contributed by atoms with Crippen LogP contribution in [0.15, 0.2) is 181 Å². The second-order valence-corrected chi connectivity index (χ2v) is 17.2. The summed E-state index contributed by atoms with van der Waals surface area (Å²) in [4.78, 5) is 6.82. The van der Waals surface area contributed by atoms with E-state index in [0.29, 0.717) is 0 Å². The molecule has 0 saturated carbocycles. The third-order valence-electron chi connectivity index (χ3n) is 13.2. The molecule has 12 rings (SSSR count). The quantitative estimate of drug-likeness (QED) is 0.175. The topological polar surface area (TPSA) is 34.2 Å². The van der Waals surface area contributed by atoms with E-state index in [1.165, 1.54) is 44.2 Å². The van der Waals surface area contributed by atoms with Gasteiger partial charge in [-0.25, -0.2) is 0 Å². The minimum Gasteiger partial charge on any atom is -0.456 e.